The molecule has 0 saturated heterocycles. The molecule has 0 amide bonds. The average Bonchev–Trinajstić information content (AvgIpc) is 3.26. The van der Waals surface area contributed by atoms with E-state index < -0.39 is 0 Å². The molecule has 2 nitrogen and oxygen atoms in total. The maximum absolute atomic E-state index is 3.78. The summed E-state index contributed by atoms with van der Waals surface area (Å²) < 4.78 is 0. The predicted molar refractivity (Wildman–Crippen MR) is 90.0 cm³/mol. The highest BCUT2D eigenvalue weighted by Gasteiger charge is 2.33. The van der Waals surface area contributed by atoms with Crippen LogP contribution in [0.3, 0.4) is 0 Å². The Balaban J connectivity index is 1.54. The lowest BCUT2D eigenvalue weighted by Crippen LogP contribution is -2.40. The van der Waals surface area contributed by atoms with Gasteiger partial charge < -0.3 is 10.2 Å². The van der Waals surface area contributed by atoms with Crippen molar-refractivity contribution in [2.24, 2.45) is 5.92 Å². The van der Waals surface area contributed by atoms with Crippen molar-refractivity contribution in [3.8, 4) is 0 Å². The van der Waals surface area contributed by atoms with Gasteiger partial charge in [0.25, 0.3) is 0 Å². The second-order valence-electron chi connectivity index (χ2n) is 6.23. The molecule has 1 aliphatic heterocycles. The fraction of sp³-hybridized carbons (Fsp3) is 0.444. The van der Waals surface area contributed by atoms with Crippen LogP contribution in [0.5, 0.6) is 0 Å². The fourth-order valence-corrected chi connectivity index (χ4v) is 4.03. The summed E-state index contributed by atoms with van der Waals surface area (Å²) in [4.78, 5) is 4.10. The minimum atomic E-state index is 0.667. The Morgan fingerprint density at radius 1 is 1.14 bits per heavy atom. The van der Waals surface area contributed by atoms with Crippen molar-refractivity contribution in [1.82, 2.24) is 5.32 Å². The van der Waals surface area contributed by atoms with Gasteiger partial charge in [-0.2, -0.15) is 0 Å². The standard InChI is InChI=1S/C18H22N2S/c1-2-6-18-15(4-1)12-19-17(14-7-8-14)13-20(18)10-9-16-5-3-11-21-16/h1-6,11,14,17,19H,7-10,12-13H2. The van der Waals surface area contributed by atoms with Crippen molar-refractivity contribution in [1.29, 1.82) is 0 Å². The SMILES string of the molecule is c1csc(CCN2CC(C3CC3)NCc3ccccc32)c1. The van der Waals surface area contributed by atoms with E-state index in [1.165, 1.54) is 29.0 Å². The molecule has 2 heterocycles. The summed E-state index contributed by atoms with van der Waals surface area (Å²) in [6.45, 7) is 3.31. The molecular formula is C18H22N2S. The molecule has 110 valence electrons. The fourth-order valence-electron chi connectivity index (χ4n) is 3.34. The Hall–Kier alpha value is -1.32. The highest BCUT2D eigenvalue weighted by Crippen LogP contribution is 2.35. The normalized spacial score (nSPS) is 21.9. The number of para-hydroxylation sites is 1. The van der Waals surface area contributed by atoms with Gasteiger partial charge in [0.1, 0.15) is 0 Å². The van der Waals surface area contributed by atoms with Crippen molar-refractivity contribution >= 4 is 17.0 Å². The average molecular weight is 298 g/mol. The molecule has 2 aliphatic rings. The lowest BCUT2D eigenvalue weighted by molar-refractivity contribution is 0.468. The molecule has 21 heavy (non-hydrogen) atoms. The van der Waals surface area contributed by atoms with E-state index in [0.29, 0.717) is 6.04 Å². The molecule has 1 aliphatic carbocycles. The minimum Gasteiger partial charge on any atom is -0.369 e. The van der Waals surface area contributed by atoms with Crippen LogP contribution < -0.4 is 10.2 Å². The molecule has 0 radical (unpaired) electrons. The van der Waals surface area contributed by atoms with Gasteiger partial charge in [-0.25, -0.2) is 0 Å². The van der Waals surface area contributed by atoms with Crippen LogP contribution in [0.1, 0.15) is 23.3 Å². The molecule has 3 heteroatoms. The van der Waals surface area contributed by atoms with Crippen LogP contribution in [-0.2, 0) is 13.0 Å². The number of hydrogen-bond donors (Lipinski definition) is 1. The molecule has 1 aromatic carbocycles. The number of fused-ring (bicyclic) bond motifs is 1. The van der Waals surface area contributed by atoms with Crippen molar-refractivity contribution in [3.63, 3.8) is 0 Å². The van der Waals surface area contributed by atoms with Gasteiger partial charge in [0.05, 0.1) is 0 Å². The highest BCUT2D eigenvalue weighted by molar-refractivity contribution is 7.09. The van der Waals surface area contributed by atoms with E-state index in [1.807, 2.05) is 11.3 Å². The number of benzene rings is 1. The second-order valence-corrected chi connectivity index (χ2v) is 7.26. The van der Waals surface area contributed by atoms with E-state index >= 15 is 0 Å². The van der Waals surface area contributed by atoms with E-state index in [2.05, 4.69) is 52.0 Å². The van der Waals surface area contributed by atoms with Crippen LogP contribution in [0, 0.1) is 5.92 Å². The molecule has 1 N–H and O–H groups in total. The van der Waals surface area contributed by atoms with Crippen LogP contribution in [0.4, 0.5) is 5.69 Å². The Morgan fingerprint density at radius 3 is 2.86 bits per heavy atom. The van der Waals surface area contributed by atoms with Gasteiger partial charge in [0, 0.05) is 36.2 Å². The topological polar surface area (TPSA) is 15.3 Å². The largest absolute Gasteiger partial charge is 0.369 e. The lowest BCUT2D eigenvalue weighted by Gasteiger charge is -2.27. The second kappa shape index (κ2) is 5.82. The van der Waals surface area contributed by atoms with Crippen LogP contribution in [-0.4, -0.2) is 19.1 Å². The third kappa shape index (κ3) is 2.99. The van der Waals surface area contributed by atoms with Gasteiger partial charge in [-0.15, -0.1) is 11.3 Å². The molecule has 1 atom stereocenters. The number of rotatable bonds is 4. The Morgan fingerprint density at radius 2 is 2.05 bits per heavy atom. The van der Waals surface area contributed by atoms with Crippen molar-refractivity contribution < 1.29 is 0 Å². The van der Waals surface area contributed by atoms with Gasteiger partial charge >= 0.3 is 0 Å². The molecule has 2 aromatic rings. The summed E-state index contributed by atoms with van der Waals surface area (Å²) in [5, 5.41) is 5.96. The molecule has 1 unspecified atom stereocenters. The van der Waals surface area contributed by atoms with Gasteiger partial charge in [0.15, 0.2) is 0 Å². The van der Waals surface area contributed by atoms with Crippen LogP contribution in [0.2, 0.25) is 0 Å². The Bertz CT molecular complexity index is 589. The summed E-state index contributed by atoms with van der Waals surface area (Å²) >= 11 is 1.88. The molecule has 0 bridgehead atoms. The Labute approximate surface area is 130 Å². The zero-order valence-corrected chi connectivity index (χ0v) is 13.1. The number of hydrogen-bond acceptors (Lipinski definition) is 3. The van der Waals surface area contributed by atoms with Crippen molar-refractivity contribution in [3.05, 3.63) is 52.2 Å². The van der Waals surface area contributed by atoms with E-state index in [1.54, 1.807) is 0 Å². The highest BCUT2D eigenvalue weighted by atomic mass is 32.1. The summed E-state index contributed by atoms with van der Waals surface area (Å²) in [6, 6.07) is 14.0. The molecular weight excluding hydrogens is 276 g/mol. The van der Waals surface area contributed by atoms with Crippen LogP contribution in [0.15, 0.2) is 41.8 Å². The summed E-state index contributed by atoms with van der Waals surface area (Å²) in [6.07, 6.45) is 3.98. The number of anilines is 1. The predicted octanol–water partition coefficient (Wildman–Crippen LogP) is 3.68. The maximum Gasteiger partial charge on any atom is 0.0412 e. The van der Waals surface area contributed by atoms with Gasteiger partial charge in [-0.3, -0.25) is 0 Å². The summed E-state index contributed by atoms with van der Waals surface area (Å²) in [5.41, 5.74) is 2.89. The first-order chi connectivity index (χ1) is 10.4. The maximum atomic E-state index is 3.78. The van der Waals surface area contributed by atoms with E-state index in [0.717, 1.165) is 32.0 Å². The number of nitrogens with zero attached hydrogens (tertiary/aromatic N) is 1. The van der Waals surface area contributed by atoms with Crippen molar-refractivity contribution in [2.75, 3.05) is 18.0 Å². The molecule has 0 spiro atoms. The van der Waals surface area contributed by atoms with Crippen molar-refractivity contribution in [2.45, 2.75) is 31.8 Å². The lowest BCUT2D eigenvalue weighted by atomic mass is 10.1. The molecule has 4 rings (SSSR count). The zero-order chi connectivity index (χ0) is 14.1. The number of nitrogens with one attached hydrogen (secondary N) is 1. The number of thiophene rings is 1. The smallest absolute Gasteiger partial charge is 0.0412 e. The van der Waals surface area contributed by atoms with E-state index in [-0.39, 0.29) is 0 Å². The first kappa shape index (κ1) is 13.4. The summed E-state index contributed by atoms with van der Waals surface area (Å²) in [7, 11) is 0. The molecule has 1 saturated carbocycles. The molecule has 1 fully saturated rings. The zero-order valence-electron chi connectivity index (χ0n) is 12.3. The van der Waals surface area contributed by atoms with Gasteiger partial charge in [0.2, 0.25) is 0 Å². The molecule has 1 aromatic heterocycles. The van der Waals surface area contributed by atoms with E-state index in [4.69, 9.17) is 0 Å². The van der Waals surface area contributed by atoms with Gasteiger partial charge in [-0.1, -0.05) is 24.3 Å². The summed E-state index contributed by atoms with van der Waals surface area (Å²) in [5.74, 6) is 0.906. The van der Waals surface area contributed by atoms with Crippen LogP contribution >= 0.6 is 11.3 Å². The third-order valence-electron chi connectivity index (χ3n) is 4.70. The third-order valence-corrected chi connectivity index (χ3v) is 5.64. The van der Waals surface area contributed by atoms with Crippen LogP contribution in [0.25, 0.3) is 0 Å². The Kier molecular flexibility index (Phi) is 3.70. The van der Waals surface area contributed by atoms with Gasteiger partial charge in [-0.05, 0) is 48.3 Å². The first-order valence-electron chi connectivity index (χ1n) is 7.99. The monoisotopic (exact) mass is 298 g/mol. The van der Waals surface area contributed by atoms with E-state index in [9.17, 15) is 0 Å². The quantitative estimate of drug-likeness (QED) is 0.926. The minimum absolute atomic E-state index is 0.667. The first-order valence-corrected chi connectivity index (χ1v) is 8.87.